The third-order valence-electron chi connectivity index (χ3n) is 3.32. The van der Waals surface area contributed by atoms with Gasteiger partial charge in [-0.2, -0.15) is 0 Å². The SMILES string of the molecule is COC(=O)CCCCCn1c(C)nc2[nH]c(=O)[nH]c(=O)c21. The summed E-state index contributed by atoms with van der Waals surface area (Å²) in [5, 5.41) is 0. The zero-order valence-corrected chi connectivity index (χ0v) is 12.1. The number of aryl methyl sites for hydroxylation is 2. The number of ether oxygens (including phenoxy) is 1. The molecule has 8 nitrogen and oxygen atoms in total. The van der Waals surface area contributed by atoms with Crippen LogP contribution in [0.4, 0.5) is 0 Å². The van der Waals surface area contributed by atoms with E-state index in [1.807, 2.05) is 0 Å². The molecule has 0 bridgehead atoms. The predicted molar refractivity (Wildman–Crippen MR) is 76.2 cm³/mol. The summed E-state index contributed by atoms with van der Waals surface area (Å²) in [4.78, 5) is 43.0. The maximum Gasteiger partial charge on any atom is 0.327 e. The highest BCUT2D eigenvalue weighted by Crippen LogP contribution is 2.11. The van der Waals surface area contributed by atoms with Crippen LogP contribution in [0.3, 0.4) is 0 Å². The summed E-state index contributed by atoms with van der Waals surface area (Å²) < 4.78 is 6.35. The number of carbonyl (C=O) groups excluding carboxylic acids is 1. The van der Waals surface area contributed by atoms with Crippen molar-refractivity contribution in [3.05, 3.63) is 26.7 Å². The Morgan fingerprint density at radius 1 is 1.24 bits per heavy atom. The van der Waals surface area contributed by atoms with Crippen LogP contribution in [0, 0.1) is 6.92 Å². The lowest BCUT2D eigenvalue weighted by atomic mass is 10.2. The van der Waals surface area contributed by atoms with E-state index in [0.717, 1.165) is 19.3 Å². The summed E-state index contributed by atoms with van der Waals surface area (Å²) in [5.74, 6) is 0.457. The van der Waals surface area contributed by atoms with E-state index in [9.17, 15) is 14.4 Å². The number of hydrogen-bond acceptors (Lipinski definition) is 5. The third-order valence-corrected chi connectivity index (χ3v) is 3.32. The van der Waals surface area contributed by atoms with Gasteiger partial charge in [0.2, 0.25) is 0 Å². The number of rotatable bonds is 6. The van der Waals surface area contributed by atoms with Gasteiger partial charge < -0.3 is 9.30 Å². The van der Waals surface area contributed by atoms with Crippen molar-refractivity contribution < 1.29 is 9.53 Å². The van der Waals surface area contributed by atoms with Gasteiger partial charge in [0.05, 0.1) is 7.11 Å². The lowest BCUT2D eigenvalue weighted by molar-refractivity contribution is -0.140. The van der Waals surface area contributed by atoms with Crippen LogP contribution < -0.4 is 11.2 Å². The molecule has 2 heterocycles. The number of hydrogen-bond donors (Lipinski definition) is 2. The molecule has 0 aliphatic heterocycles. The van der Waals surface area contributed by atoms with Gasteiger partial charge in [-0.25, -0.2) is 9.78 Å². The average molecular weight is 294 g/mol. The zero-order valence-electron chi connectivity index (χ0n) is 12.1. The van der Waals surface area contributed by atoms with Gasteiger partial charge in [-0.05, 0) is 19.8 Å². The molecule has 0 atom stereocenters. The molecule has 2 N–H and O–H groups in total. The minimum atomic E-state index is -0.560. The summed E-state index contributed by atoms with van der Waals surface area (Å²) in [7, 11) is 1.37. The maximum atomic E-state index is 11.9. The van der Waals surface area contributed by atoms with E-state index in [1.54, 1.807) is 11.5 Å². The Morgan fingerprint density at radius 3 is 2.71 bits per heavy atom. The lowest BCUT2D eigenvalue weighted by Crippen LogP contribution is -2.23. The van der Waals surface area contributed by atoms with Crippen molar-refractivity contribution >= 4 is 17.1 Å². The van der Waals surface area contributed by atoms with Crippen LogP contribution in [0.2, 0.25) is 0 Å². The van der Waals surface area contributed by atoms with Crippen LogP contribution in [0.25, 0.3) is 11.2 Å². The molecule has 0 saturated heterocycles. The van der Waals surface area contributed by atoms with E-state index >= 15 is 0 Å². The van der Waals surface area contributed by atoms with E-state index in [4.69, 9.17) is 0 Å². The summed E-state index contributed by atoms with van der Waals surface area (Å²) in [6, 6.07) is 0. The molecule has 2 rings (SSSR count). The Morgan fingerprint density at radius 2 is 2.00 bits per heavy atom. The van der Waals surface area contributed by atoms with Crippen LogP contribution in [-0.2, 0) is 16.1 Å². The Hall–Kier alpha value is -2.38. The molecule has 0 radical (unpaired) electrons. The summed E-state index contributed by atoms with van der Waals surface area (Å²) in [5.41, 5.74) is -0.324. The standard InChI is InChI=1S/C13H18N4O4/c1-8-14-11-10(12(19)16-13(20)15-11)17(8)7-5-3-4-6-9(18)21-2/h3-7H2,1-2H3,(H2,15,16,19,20). The van der Waals surface area contributed by atoms with E-state index in [-0.39, 0.29) is 5.97 Å². The Labute approximate surface area is 120 Å². The third kappa shape index (κ3) is 3.39. The quantitative estimate of drug-likeness (QED) is 0.594. The largest absolute Gasteiger partial charge is 0.469 e. The number of aromatic nitrogens is 4. The second-order valence-electron chi connectivity index (χ2n) is 4.80. The molecular weight excluding hydrogens is 276 g/mol. The van der Waals surface area contributed by atoms with Gasteiger partial charge in [-0.3, -0.25) is 19.6 Å². The van der Waals surface area contributed by atoms with Crippen molar-refractivity contribution in [2.45, 2.75) is 39.2 Å². The maximum absolute atomic E-state index is 11.9. The molecule has 21 heavy (non-hydrogen) atoms. The van der Waals surface area contributed by atoms with Gasteiger partial charge in [0.25, 0.3) is 5.56 Å². The Balaban J connectivity index is 2.06. The van der Waals surface area contributed by atoms with Crippen LogP contribution in [0.5, 0.6) is 0 Å². The first kappa shape index (κ1) is 15.0. The number of fused-ring (bicyclic) bond motifs is 1. The summed E-state index contributed by atoms with van der Waals surface area (Å²) in [6.45, 7) is 2.39. The number of unbranched alkanes of at least 4 members (excludes halogenated alkanes) is 2. The molecular formula is C13H18N4O4. The van der Waals surface area contributed by atoms with Gasteiger partial charge >= 0.3 is 11.7 Å². The molecule has 0 saturated carbocycles. The average Bonchev–Trinajstić information content (AvgIpc) is 2.74. The van der Waals surface area contributed by atoms with Gasteiger partial charge in [0.15, 0.2) is 11.2 Å². The van der Waals surface area contributed by atoms with Crippen LogP contribution in [0.1, 0.15) is 31.5 Å². The molecule has 114 valence electrons. The molecule has 0 aliphatic rings. The highest BCUT2D eigenvalue weighted by molar-refractivity contribution is 5.70. The molecule has 0 aliphatic carbocycles. The summed E-state index contributed by atoms with van der Waals surface area (Å²) >= 11 is 0. The molecule has 0 amide bonds. The number of carbonyl (C=O) groups is 1. The number of nitrogens with zero attached hydrogens (tertiary/aromatic N) is 2. The second-order valence-corrected chi connectivity index (χ2v) is 4.80. The normalized spacial score (nSPS) is 11.0. The second kappa shape index (κ2) is 6.38. The minimum Gasteiger partial charge on any atom is -0.469 e. The van der Waals surface area contributed by atoms with E-state index in [0.29, 0.717) is 30.0 Å². The molecule has 0 fully saturated rings. The van der Waals surface area contributed by atoms with Gasteiger partial charge in [-0.15, -0.1) is 0 Å². The molecule has 2 aromatic heterocycles. The zero-order chi connectivity index (χ0) is 15.4. The van der Waals surface area contributed by atoms with Gasteiger partial charge in [0, 0.05) is 13.0 Å². The van der Waals surface area contributed by atoms with Crippen molar-refractivity contribution in [3.8, 4) is 0 Å². The number of methoxy groups -OCH3 is 1. The minimum absolute atomic E-state index is 0.215. The highest BCUT2D eigenvalue weighted by Gasteiger charge is 2.11. The first-order valence-electron chi connectivity index (χ1n) is 6.79. The van der Waals surface area contributed by atoms with Crippen molar-refractivity contribution in [1.82, 2.24) is 19.5 Å². The smallest absolute Gasteiger partial charge is 0.327 e. The predicted octanol–water partition coefficient (Wildman–Crippen LogP) is 0.455. The van der Waals surface area contributed by atoms with Crippen molar-refractivity contribution in [2.75, 3.05) is 7.11 Å². The topological polar surface area (TPSA) is 110 Å². The monoisotopic (exact) mass is 294 g/mol. The van der Waals surface area contributed by atoms with E-state index in [2.05, 4.69) is 19.7 Å². The molecule has 8 heteroatoms. The first-order valence-corrected chi connectivity index (χ1v) is 6.79. The van der Waals surface area contributed by atoms with Crippen molar-refractivity contribution in [2.24, 2.45) is 0 Å². The fourth-order valence-electron chi connectivity index (χ4n) is 2.27. The van der Waals surface area contributed by atoms with Crippen LogP contribution in [-0.4, -0.2) is 32.6 Å². The first-order chi connectivity index (χ1) is 10.0. The van der Waals surface area contributed by atoms with Crippen molar-refractivity contribution in [3.63, 3.8) is 0 Å². The Kier molecular flexibility index (Phi) is 4.56. The molecule has 0 spiro atoms. The molecule has 2 aromatic rings. The number of aromatic amines is 2. The van der Waals surface area contributed by atoms with Gasteiger partial charge in [0.1, 0.15) is 5.82 Å². The Bertz CT molecular complexity index is 756. The summed E-state index contributed by atoms with van der Waals surface area (Å²) in [6.07, 6.45) is 2.79. The number of esters is 1. The molecule has 0 unspecified atom stereocenters. The molecule has 0 aromatic carbocycles. The van der Waals surface area contributed by atoms with E-state index in [1.165, 1.54) is 7.11 Å². The number of imidazole rings is 1. The highest BCUT2D eigenvalue weighted by atomic mass is 16.5. The lowest BCUT2D eigenvalue weighted by Gasteiger charge is -2.05. The number of H-pyrrole nitrogens is 2. The fraction of sp³-hybridized carbons (Fsp3) is 0.538. The van der Waals surface area contributed by atoms with Crippen LogP contribution >= 0.6 is 0 Å². The number of nitrogens with one attached hydrogen (secondary N) is 2. The van der Waals surface area contributed by atoms with Gasteiger partial charge in [-0.1, -0.05) is 6.42 Å². The van der Waals surface area contributed by atoms with E-state index < -0.39 is 11.2 Å². The van der Waals surface area contributed by atoms with Crippen LogP contribution in [0.15, 0.2) is 9.59 Å². The van der Waals surface area contributed by atoms with Crippen molar-refractivity contribution in [1.29, 1.82) is 0 Å². The fourth-order valence-corrected chi connectivity index (χ4v) is 2.27.